The Labute approximate surface area is 149 Å². The van der Waals surface area contributed by atoms with E-state index in [1.807, 2.05) is 42.6 Å². The van der Waals surface area contributed by atoms with Crippen molar-refractivity contribution in [3.05, 3.63) is 52.4 Å². The van der Waals surface area contributed by atoms with Gasteiger partial charge in [0.15, 0.2) is 0 Å². The molecule has 3 aromatic rings. The van der Waals surface area contributed by atoms with Gasteiger partial charge in [0.1, 0.15) is 10.9 Å². The van der Waals surface area contributed by atoms with E-state index in [-0.39, 0.29) is 5.56 Å². The van der Waals surface area contributed by atoms with Gasteiger partial charge in [-0.25, -0.2) is 9.78 Å². The molecule has 0 spiro atoms. The number of fused-ring (bicyclic) bond motifs is 1. The molecule has 5 nitrogen and oxygen atoms in total. The number of carbonyl (C=O) groups is 1. The number of unbranched alkanes of at least 4 members (excludes halogenated alkanes) is 1. The van der Waals surface area contributed by atoms with Crippen LogP contribution in [-0.4, -0.2) is 22.1 Å². The van der Waals surface area contributed by atoms with Crippen LogP contribution < -0.4 is 5.56 Å². The molecule has 0 saturated carbocycles. The third-order valence-corrected chi connectivity index (χ3v) is 4.99. The molecule has 0 aliphatic rings. The molecule has 0 unspecified atom stereocenters. The maximum Gasteiger partial charge on any atom is 0.328 e. The first kappa shape index (κ1) is 17.4. The van der Waals surface area contributed by atoms with Crippen molar-refractivity contribution in [1.82, 2.24) is 9.55 Å². The lowest BCUT2D eigenvalue weighted by atomic mass is 10.1. The zero-order chi connectivity index (χ0) is 17.8. The average Bonchev–Trinajstić information content (AvgIpc) is 3.07. The third kappa shape index (κ3) is 3.49. The summed E-state index contributed by atoms with van der Waals surface area (Å²) >= 11 is 1.43. The van der Waals surface area contributed by atoms with Crippen LogP contribution in [0.3, 0.4) is 0 Å². The van der Waals surface area contributed by atoms with Gasteiger partial charge < -0.3 is 4.74 Å². The fourth-order valence-electron chi connectivity index (χ4n) is 2.60. The van der Waals surface area contributed by atoms with Crippen LogP contribution in [0.5, 0.6) is 0 Å². The third-order valence-electron chi connectivity index (χ3n) is 4.10. The molecule has 0 radical (unpaired) electrons. The van der Waals surface area contributed by atoms with Crippen molar-refractivity contribution >= 4 is 27.5 Å². The molecule has 0 aliphatic heterocycles. The van der Waals surface area contributed by atoms with Crippen molar-refractivity contribution in [3.8, 4) is 11.1 Å². The molecule has 0 fully saturated rings. The smallest absolute Gasteiger partial charge is 0.328 e. The minimum Gasteiger partial charge on any atom is -0.464 e. The lowest BCUT2D eigenvalue weighted by Crippen LogP contribution is -2.29. The highest BCUT2D eigenvalue weighted by molar-refractivity contribution is 7.17. The normalized spacial score (nSPS) is 12.2. The zero-order valence-electron chi connectivity index (χ0n) is 14.3. The molecule has 0 bridgehead atoms. The molecule has 0 aliphatic carbocycles. The zero-order valence-corrected chi connectivity index (χ0v) is 15.1. The Bertz CT molecular complexity index is 931. The first-order chi connectivity index (χ1) is 12.1. The lowest BCUT2D eigenvalue weighted by molar-refractivity contribution is -0.147. The van der Waals surface area contributed by atoms with Gasteiger partial charge in [-0.1, -0.05) is 43.7 Å². The van der Waals surface area contributed by atoms with E-state index in [0.29, 0.717) is 16.8 Å². The van der Waals surface area contributed by atoms with Gasteiger partial charge in [-0.2, -0.15) is 0 Å². The number of nitrogens with zero attached hydrogens (tertiary/aromatic N) is 2. The summed E-state index contributed by atoms with van der Waals surface area (Å²) in [4.78, 5) is 30.2. The van der Waals surface area contributed by atoms with E-state index < -0.39 is 12.0 Å². The van der Waals surface area contributed by atoms with Crippen molar-refractivity contribution in [3.63, 3.8) is 0 Å². The number of hydrogen-bond donors (Lipinski definition) is 0. The van der Waals surface area contributed by atoms with E-state index in [1.165, 1.54) is 22.2 Å². The van der Waals surface area contributed by atoms with Crippen molar-refractivity contribution < 1.29 is 9.53 Å². The van der Waals surface area contributed by atoms with Crippen molar-refractivity contribution in [2.75, 3.05) is 6.61 Å². The number of hydrogen-bond acceptors (Lipinski definition) is 5. The Balaban J connectivity index is 1.99. The van der Waals surface area contributed by atoms with Gasteiger partial charge in [-0.05, 0) is 18.9 Å². The van der Waals surface area contributed by atoms with Crippen molar-refractivity contribution in [1.29, 1.82) is 0 Å². The number of carbonyl (C=O) groups excluding carboxylic acids is 1. The summed E-state index contributed by atoms with van der Waals surface area (Å²) in [6, 6.07) is 9.01. The monoisotopic (exact) mass is 356 g/mol. The fourth-order valence-corrected chi connectivity index (χ4v) is 3.51. The van der Waals surface area contributed by atoms with E-state index in [9.17, 15) is 9.59 Å². The molecular weight excluding hydrogens is 336 g/mol. The van der Waals surface area contributed by atoms with Gasteiger partial charge in [-0.15, -0.1) is 11.3 Å². The quantitative estimate of drug-likeness (QED) is 0.494. The van der Waals surface area contributed by atoms with Crippen LogP contribution in [0.25, 0.3) is 21.3 Å². The Morgan fingerprint density at radius 1 is 1.32 bits per heavy atom. The molecule has 1 atom stereocenters. The van der Waals surface area contributed by atoms with Crippen LogP contribution in [0.4, 0.5) is 0 Å². The molecule has 2 aromatic heterocycles. The van der Waals surface area contributed by atoms with Crippen molar-refractivity contribution in [2.45, 2.75) is 32.7 Å². The van der Waals surface area contributed by atoms with Crippen LogP contribution in [-0.2, 0) is 9.53 Å². The molecule has 2 heterocycles. The molecule has 0 N–H and O–H groups in total. The molecule has 130 valence electrons. The highest BCUT2D eigenvalue weighted by Crippen LogP contribution is 2.30. The van der Waals surface area contributed by atoms with Gasteiger partial charge >= 0.3 is 5.97 Å². The number of benzene rings is 1. The van der Waals surface area contributed by atoms with Crippen LogP contribution in [0, 0.1) is 0 Å². The molecule has 6 heteroatoms. The largest absolute Gasteiger partial charge is 0.464 e. The van der Waals surface area contributed by atoms with E-state index >= 15 is 0 Å². The molecule has 1 aromatic carbocycles. The average molecular weight is 356 g/mol. The predicted molar refractivity (Wildman–Crippen MR) is 99.9 cm³/mol. The molecule has 0 amide bonds. The molecule has 3 rings (SSSR count). The SMILES string of the molecule is CCCCOC(=O)[C@@H](C)n1cnc2scc(-c3ccccc3)c2c1=O. The second-order valence-electron chi connectivity index (χ2n) is 5.85. The van der Waals surface area contributed by atoms with Crippen LogP contribution in [0.1, 0.15) is 32.7 Å². The molecule has 25 heavy (non-hydrogen) atoms. The summed E-state index contributed by atoms with van der Waals surface area (Å²) in [7, 11) is 0. The van der Waals surface area contributed by atoms with E-state index in [4.69, 9.17) is 4.74 Å². The maximum atomic E-state index is 13.0. The first-order valence-corrected chi connectivity index (χ1v) is 9.21. The van der Waals surface area contributed by atoms with Crippen LogP contribution in [0.2, 0.25) is 0 Å². The number of thiophene rings is 1. The summed E-state index contributed by atoms with van der Waals surface area (Å²) < 4.78 is 6.60. The summed E-state index contributed by atoms with van der Waals surface area (Å²) in [5, 5.41) is 2.48. The Hall–Kier alpha value is -2.47. The van der Waals surface area contributed by atoms with Crippen molar-refractivity contribution in [2.24, 2.45) is 0 Å². The molecular formula is C19H20N2O3S. The first-order valence-electron chi connectivity index (χ1n) is 8.34. The standard InChI is InChI=1S/C19H20N2O3S/c1-3-4-10-24-19(23)13(2)21-12-20-17-16(18(21)22)15(11-25-17)14-8-6-5-7-9-14/h5-9,11-13H,3-4,10H2,1-2H3/t13-/m1/s1. The molecule has 0 saturated heterocycles. The lowest BCUT2D eigenvalue weighted by Gasteiger charge is -2.14. The van der Waals surface area contributed by atoms with E-state index in [2.05, 4.69) is 4.98 Å². The van der Waals surface area contributed by atoms with Crippen LogP contribution in [0.15, 0.2) is 46.8 Å². The fraction of sp³-hybridized carbons (Fsp3) is 0.316. The van der Waals surface area contributed by atoms with Crippen LogP contribution >= 0.6 is 11.3 Å². The van der Waals surface area contributed by atoms with Gasteiger partial charge in [-0.3, -0.25) is 9.36 Å². The minimum atomic E-state index is -0.704. The Kier molecular flexibility index (Phi) is 5.28. The maximum absolute atomic E-state index is 13.0. The Morgan fingerprint density at radius 3 is 2.80 bits per heavy atom. The van der Waals surface area contributed by atoms with Gasteiger partial charge in [0, 0.05) is 10.9 Å². The predicted octanol–water partition coefficient (Wildman–Crippen LogP) is 4.03. The highest BCUT2D eigenvalue weighted by atomic mass is 32.1. The summed E-state index contributed by atoms with van der Waals surface area (Å²) in [5.74, 6) is -0.409. The number of rotatable bonds is 6. The number of esters is 1. The van der Waals surface area contributed by atoms with E-state index in [0.717, 1.165) is 24.0 Å². The number of ether oxygens (including phenoxy) is 1. The summed E-state index contributed by atoms with van der Waals surface area (Å²) in [6.07, 6.45) is 3.19. The Morgan fingerprint density at radius 2 is 2.08 bits per heavy atom. The van der Waals surface area contributed by atoms with Gasteiger partial charge in [0.25, 0.3) is 5.56 Å². The second-order valence-corrected chi connectivity index (χ2v) is 6.71. The van der Waals surface area contributed by atoms with Gasteiger partial charge in [0.2, 0.25) is 0 Å². The summed E-state index contributed by atoms with van der Waals surface area (Å²) in [6.45, 7) is 4.07. The number of aromatic nitrogens is 2. The summed E-state index contributed by atoms with van der Waals surface area (Å²) in [5.41, 5.74) is 1.59. The second kappa shape index (κ2) is 7.61. The van der Waals surface area contributed by atoms with Gasteiger partial charge in [0.05, 0.1) is 18.3 Å². The van der Waals surface area contributed by atoms with E-state index in [1.54, 1.807) is 6.92 Å². The minimum absolute atomic E-state index is 0.218. The highest BCUT2D eigenvalue weighted by Gasteiger charge is 2.21. The topological polar surface area (TPSA) is 61.2 Å².